The number of hydrogen-bond donors (Lipinski definition) is 0. The molecule has 0 amide bonds. The fourth-order valence-electron chi connectivity index (χ4n) is 4.87. The molecule has 0 aromatic heterocycles. The number of anilines is 1. The Kier molecular flexibility index (Phi) is 13.8. The third-order valence-corrected chi connectivity index (χ3v) is 7.70. The van der Waals surface area contributed by atoms with E-state index in [1.165, 1.54) is 87.7 Å². The molecule has 0 aliphatic heterocycles. The summed E-state index contributed by atoms with van der Waals surface area (Å²) in [5, 5.41) is 17.5. The van der Waals surface area contributed by atoms with Crippen LogP contribution in [0.2, 0.25) is 0 Å². The van der Waals surface area contributed by atoms with E-state index >= 15 is 0 Å². The topological polar surface area (TPSA) is 51.8 Å². The molecule has 2 aromatic rings. The highest BCUT2D eigenvalue weighted by molar-refractivity contribution is 5.53. The summed E-state index contributed by atoms with van der Waals surface area (Å²) >= 11 is 0. The standard InChI is InChI=1S/C31H48N5/c1-5-35(25-15-13-11-9-10-12-14-16-26-36(6-2,7-3)8-4)31-23-21-30(22-24-31)34-33-29-19-17-28(27-32)18-20-29/h17-24H,5-16,25-26H2,1-4H3/q+1. The van der Waals surface area contributed by atoms with Gasteiger partial charge >= 0.3 is 0 Å². The Morgan fingerprint density at radius 2 is 1.14 bits per heavy atom. The predicted octanol–water partition coefficient (Wildman–Crippen LogP) is 8.80. The van der Waals surface area contributed by atoms with Crippen molar-refractivity contribution in [2.45, 2.75) is 79.1 Å². The fraction of sp³-hybridized carbons (Fsp3) is 0.581. The molecular formula is C31H48N5+. The van der Waals surface area contributed by atoms with Gasteiger partial charge in [0.15, 0.2) is 0 Å². The van der Waals surface area contributed by atoms with Gasteiger partial charge in [0, 0.05) is 18.8 Å². The molecule has 2 rings (SSSR count). The van der Waals surface area contributed by atoms with Crippen molar-refractivity contribution in [1.29, 1.82) is 5.26 Å². The number of hydrogen-bond acceptors (Lipinski definition) is 4. The Hall–Kier alpha value is -2.71. The van der Waals surface area contributed by atoms with Crippen molar-refractivity contribution >= 4 is 17.1 Å². The Labute approximate surface area is 220 Å². The van der Waals surface area contributed by atoms with E-state index in [9.17, 15) is 0 Å². The van der Waals surface area contributed by atoms with Gasteiger partial charge in [-0.15, -0.1) is 0 Å². The number of quaternary nitrogens is 1. The maximum absolute atomic E-state index is 8.89. The molecule has 0 atom stereocenters. The summed E-state index contributed by atoms with van der Waals surface area (Å²) in [5.41, 5.74) is 3.46. The fourth-order valence-corrected chi connectivity index (χ4v) is 4.87. The zero-order valence-corrected chi connectivity index (χ0v) is 23.3. The van der Waals surface area contributed by atoms with E-state index in [0.717, 1.165) is 24.5 Å². The second-order valence-electron chi connectivity index (χ2n) is 9.80. The summed E-state index contributed by atoms with van der Waals surface area (Å²) in [7, 11) is 0. The first-order valence-electron chi connectivity index (χ1n) is 14.2. The lowest BCUT2D eigenvalue weighted by Crippen LogP contribution is -2.48. The van der Waals surface area contributed by atoms with Gasteiger partial charge in [-0.25, -0.2) is 0 Å². The molecule has 0 radical (unpaired) electrons. The maximum Gasteiger partial charge on any atom is 0.0991 e. The number of benzene rings is 2. The molecule has 0 aliphatic carbocycles. The highest BCUT2D eigenvalue weighted by Crippen LogP contribution is 2.23. The van der Waals surface area contributed by atoms with Gasteiger partial charge in [0.05, 0.1) is 49.2 Å². The average molecular weight is 491 g/mol. The second kappa shape index (κ2) is 16.9. The molecule has 5 heteroatoms. The van der Waals surface area contributed by atoms with Crippen LogP contribution in [0.25, 0.3) is 0 Å². The van der Waals surface area contributed by atoms with Crippen molar-refractivity contribution in [3.8, 4) is 6.07 Å². The van der Waals surface area contributed by atoms with Crippen LogP contribution in [0.5, 0.6) is 0 Å². The number of rotatable bonds is 18. The van der Waals surface area contributed by atoms with Gasteiger partial charge in [-0.2, -0.15) is 15.5 Å². The molecule has 0 saturated heterocycles. The van der Waals surface area contributed by atoms with Gasteiger partial charge in [-0.05, 0) is 95.5 Å². The molecule has 0 N–H and O–H groups in total. The van der Waals surface area contributed by atoms with Gasteiger partial charge in [-0.1, -0.05) is 32.1 Å². The molecule has 196 valence electrons. The Morgan fingerprint density at radius 1 is 0.667 bits per heavy atom. The van der Waals surface area contributed by atoms with Gasteiger partial charge in [0.25, 0.3) is 0 Å². The van der Waals surface area contributed by atoms with Crippen LogP contribution in [0.3, 0.4) is 0 Å². The molecule has 5 nitrogen and oxygen atoms in total. The number of unbranched alkanes of at least 4 members (excludes halogenated alkanes) is 7. The van der Waals surface area contributed by atoms with E-state index < -0.39 is 0 Å². The number of nitrogens with zero attached hydrogens (tertiary/aromatic N) is 5. The van der Waals surface area contributed by atoms with Gasteiger partial charge in [0.2, 0.25) is 0 Å². The molecule has 36 heavy (non-hydrogen) atoms. The zero-order valence-electron chi connectivity index (χ0n) is 23.3. The average Bonchev–Trinajstić information content (AvgIpc) is 2.94. The summed E-state index contributed by atoms with van der Waals surface area (Å²) in [6, 6.07) is 17.6. The van der Waals surface area contributed by atoms with Crippen LogP contribution in [0, 0.1) is 11.3 Å². The van der Waals surface area contributed by atoms with Crippen LogP contribution in [0.4, 0.5) is 17.1 Å². The van der Waals surface area contributed by atoms with Gasteiger partial charge in [-0.3, -0.25) is 0 Å². The molecular weight excluding hydrogens is 442 g/mol. The van der Waals surface area contributed by atoms with Crippen LogP contribution in [-0.4, -0.2) is 43.8 Å². The quantitative estimate of drug-likeness (QED) is 0.119. The second-order valence-corrected chi connectivity index (χ2v) is 9.80. The zero-order chi connectivity index (χ0) is 26.1. The van der Waals surface area contributed by atoms with Crippen molar-refractivity contribution in [2.75, 3.05) is 44.2 Å². The normalized spacial score (nSPS) is 11.6. The van der Waals surface area contributed by atoms with E-state index in [1.54, 1.807) is 12.1 Å². The van der Waals surface area contributed by atoms with Crippen molar-refractivity contribution in [1.82, 2.24) is 0 Å². The molecule has 0 unspecified atom stereocenters. The van der Waals surface area contributed by atoms with Gasteiger partial charge < -0.3 is 9.38 Å². The molecule has 0 bridgehead atoms. The molecule has 0 fully saturated rings. The van der Waals surface area contributed by atoms with Crippen LogP contribution < -0.4 is 4.90 Å². The SMILES string of the molecule is CCN(CCCCCCCCCC[N+](CC)(CC)CC)c1ccc(N=Nc2ccc(C#N)cc2)cc1. The molecule has 2 aromatic carbocycles. The Bertz CT molecular complexity index is 899. The van der Waals surface area contributed by atoms with E-state index in [1.807, 2.05) is 24.3 Å². The summed E-state index contributed by atoms with van der Waals surface area (Å²) in [4.78, 5) is 2.45. The van der Waals surface area contributed by atoms with Crippen LogP contribution >= 0.6 is 0 Å². The minimum Gasteiger partial charge on any atom is -0.372 e. The van der Waals surface area contributed by atoms with Crippen LogP contribution in [0.1, 0.15) is 84.6 Å². The molecule has 0 heterocycles. The summed E-state index contributed by atoms with van der Waals surface area (Å²) in [5.74, 6) is 0. The van der Waals surface area contributed by atoms with Crippen molar-refractivity contribution in [3.63, 3.8) is 0 Å². The lowest BCUT2D eigenvalue weighted by atomic mass is 10.1. The molecule has 0 aliphatic rings. The van der Waals surface area contributed by atoms with Crippen LogP contribution in [0.15, 0.2) is 58.8 Å². The summed E-state index contributed by atoms with van der Waals surface area (Å²) < 4.78 is 1.29. The highest BCUT2D eigenvalue weighted by atomic mass is 15.3. The van der Waals surface area contributed by atoms with Crippen molar-refractivity contribution in [3.05, 3.63) is 54.1 Å². The minimum absolute atomic E-state index is 0.630. The predicted molar refractivity (Wildman–Crippen MR) is 153 cm³/mol. The maximum atomic E-state index is 8.89. The molecule has 0 saturated carbocycles. The smallest absolute Gasteiger partial charge is 0.0991 e. The lowest BCUT2D eigenvalue weighted by Gasteiger charge is -2.35. The van der Waals surface area contributed by atoms with E-state index in [4.69, 9.17) is 5.26 Å². The Balaban J connectivity index is 1.62. The third-order valence-electron chi connectivity index (χ3n) is 7.70. The third kappa shape index (κ3) is 10.1. The highest BCUT2D eigenvalue weighted by Gasteiger charge is 2.19. The van der Waals surface area contributed by atoms with Gasteiger partial charge in [0.1, 0.15) is 0 Å². The first-order chi connectivity index (χ1) is 17.6. The van der Waals surface area contributed by atoms with Crippen molar-refractivity contribution < 1.29 is 4.48 Å². The summed E-state index contributed by atoms with van der Waals surface area (Å²) in [6.07, 6.45) is 10.9. The Morgan fingerprint density at radius 3 is 1.61 bits per heavy atom. The first-order valence-corrected chi connectivity index (χ1v) is 14.2. The largest absolute Gasteiger partial charge is 0.372 e. The molecule has 0 spiro atoms. The summed E-state index contributed by atoms with van der Waals surface area (Å²) in [6.45, 7) is 16.6. The van der Waals surface area contributed by atoms with E-state index in [0.29, 0.717) is 5.56 Å². The monoisotopic (exact) mass is 490 g/mol. The van der Waals surface area contributed by atoms with E-state index in [-0.39, 0.29) is 0 Å². The minimum atomic E-state index is 0.630. The van der Waals surface area contributed by atoms with Crippen LogP contribution in [-0.2, 0) is 0 Å². The number of azo groups is 1. The van der Waals surface area contributed by atoms with Crippen molar-refractivity contribution in [2.24, 2.45) is 10.2 Å². The number of nitriles is 1. The lowest BCUT2D eigenvalue weighted by molar-refractivity contribution is -0.923. The van der Waals surface area contributed by atoms with E-state index in [2.05, 4.69) is 61.0 Å². The first kappa shape index (κ1) is 29.5.